The molecule has 1 atom stereocenters. The first kappa shape index (κ1) is 22.1. The van der Waals surface area contributed by atoms with E-state index < -0.39 is 0 Å². The molecule has 3 aromatic rings. The average Bonchev–Trinajstić information content (AvgIpc) is 3.11. The quantitative estimate of drug-likeness (QED) is 0.570. The lowest BCUT2D eigenvalue weighted by molar-refractivity contribution is 0.0715. The van der Waals surface area contributed by atoms with Crippen LogP contribution >= 0.6 is 0 Å². The van der Waals surface area contributed by atoms with Crippen molar-refractivity contribution in [3.8, 4) is 0 Å². The fourth-order valence-electron chi connectivity index (χ4n) is 4.42. The predicted molar refractivity (Wildman–Crippen MR) is 130 cm³/mol. The van der Waals surface area contributed by atoms with Crippen LogP contribution < -0.4 is 5.32 Å². The summed E-state index contributed by atoms with van der Waals surface area (Å²) >= 11 is 0. The highest BCUT2D eigenvalue weighted by Gasteiger charge is 2.24. The second kappa shape index (κ2) is 9.60. The number of carbonyl (C=O) groups excluding carboxylic acids is 1. The second-order valence-electron chi connectivity index (χ2n) is 9.29. The Bertz CT molecular complexity index is 1050. The molecule has 0 aliphatic carbocycles. The summed E-state index contributed by atoms with van der Waals surface area (Å²) in [7, 11) is 0. The number of nitrogens with zero attached hydrogens (tertiary/aromatic N) is 3. The number of hydrogen-bond donors (Lipinski definition) is 1. The molecule has 1 fully saturated rings. The van der Waals surface area contributed by atoms with Gasteiger partial charge in [-0.1, -0.05) is 38.1 Å². The largest absolute Gasteiger partial charge is 0.381 e. The van der Waals surface area contributed by atoms with Gasteiger partial charge in [0.05, 0.1) is 12.2 Å². The highest BCUT2D eigenvalue weighted by Crippen LogP contribution is 2.21. The van der Waals surface area contributed by atoms with E-state index in [-0.39, 0.29) is 11.9 Å². The van der Waals surface area contributed by atoms with Crippen LogP contribution in [0.1, 0.15) is 65.5 Å². The molecule has 5 nitrogen and oxygen atoms in total. The van der Waals surface area contributed by atoms with Gasteiger partial charge in [-0.2, -0.15) is 5.10 Å². The summed E-state index contributed by atoms with van der Waals surface area (Å²) in [5.74, 6) is 0.648. The molecule has 4 rings (SSSR count). The second-order valence-corrected chi connectivity index (χ2v) is 9.29. The number of amides is 1. The van der Waals surface area contributed by atoms with Crippen molar-refractivity contribution in [2.45, 2.75) is 59.0 Å². The van der Waals surface area contributed by atoms with E-state index in [0.717, 1.165) is 60.7 Å². The van der Waals surface area contributed by atoms with Crippen LogP contribution in [0.5, 0.6) is 0 Å². The van der Waals surface area contributed by atoms with E-state index in [9.17, 15) is 4.79 Å². The van der Waals surface area contributed by atoms with Crippen molar-refractivity contribution >= 4 is 11.6 Å². The number of rotatable bonds is 6. The molecule has 2 heterocycles. The van der Waals surface area contributed by atoms with Crippen LogP contribution in [0, 0.1) is 13.8 Å². The number of aryl methyl sites for hydroxylation is 2. The molecular weight excluding hydrogens is 396 g/mol. The van der Waals surface area contributed by atoms with Gasteiger partial charge in [0.2, 0.25) is 0 Å². The van der Waals surface area contributed by atoms with Crippen molar-refractivity contribution in [3.63, 3.8) is 0 Å². The molecule has 1 amide bonds. The SMILES string of the molecule is Cc1cc(C)n(Cc2ccc(C(=O)N3CCC[C@@H](Nc4ccc(C(C)C)cc4)C3)cc2)n1. The smallest absolute Gasteiger partial charge is 0.253 e. The number of piperidine rings is 1. The van der Waals surface area contributed by atoms with Crippen LogP contribution in [0.4, 0.5) is 5.69 Å². The van der Waals surface area contributed by atoms with Gasteiger partial charge in [-0.05, 0) is 74.1 Å². The van der Waals surface area contributed by atoms with E-state index in [0.29, 0.717) is 5.92 Å². The highest BCUT2D eigenvalue weighted by molar-refractivity contribution is 5.94. The molecule has 1 saturated heterocycles. The molecule has 32 heavy (non-hydrogen) atoms. The molecule has 5 heteroatoms. The molecule has 1 aliphatic rings. The number of nitrogens with one attached hydrogen (secondary N) is 1. The van der Waals surface area contributed by atoms with E-state index in [4.69, 9.17) is 0 Å². The fraction of sp³-hybridized carbons (Fsp3) is 0.407. The topological polar surface area (TPSA) is 50.2 Å². The van der Waals surface area contributed by atoms with E-state index in [1.165, 1.54) is 5.56 Å². The number of likely N-dealkylation sites (tertiary alicyclic amines) is 1. The van der Waals surface area contributed by atoms with Crippen LogP contribution in [0.3, 0.4) is 0 Å². The van der Waals surface area contributed by atoms with Gasteiger partial charge in [-0.25, -0.2) is 0 Å². The third kappa shape index (κ3) is 5.21. The molecule has 0 bridgehead atoms. The van der Waals surface area contributed by atoms with E-state index in [1.54, 1.807) is 0 Å². The zero-order valence-corrected chi connectivity index (χ0v) is 19.6. The summed E-state index contributed by atoms with van der Waals surface area (Å²) < 4.78 is 2.00. The first-order valence-electron chi connectivity index (χ1n) is 11.6. The van der Waals surface area contributed by atoms with Gasteiger partial charge >= 0.3 is 0 Å². The molecule has 1 aliphatic heterocycles. The Balaban J connectivity index is 1.36. The van der Waals surface area contributed by atoms with E-state index >= 15 is 0 Å². The van der Waals surface area contributed by atoms with Crippen molar-refractivity contribution in [1.82, 2.24) is 14.7 Å². The van der Waals surface area contributed by atoms with Gasteiger partial charge in [0.1, 0.15) is 0 Å². The van der Waals surface area contributed by atoms with E-state index in [2.05, 4.69) is 61.5 Å². The number of aromatic nitrogens is 2. The normalized spacial score (nSPS) is 16.4. The Hall–Kier alpha value is -3.08. The van der Waals surface area contributed by atoms with Crippen LogP contribution in [0.15, 0.2) is 54.6 Å². The predicted octanol–water partition coefficient (Wildman–Crippen LogP) is 5.39. The molecule has 168 valence electrons. The third-order valence-electron chi connectivity index (χ3n) is 6.29. The Morgan fingerprint density at radius 3 is 2.44 bits per heavy atom. The number of carbonyl (C=O) groups is 1. The average molecular weight is 431 g/mol. The monoisotopic (exact) mass is 430 g/mol. The minimum Gasteiger partial charge on any atom is -0.381 e. The summed E-state index contributed by atoms with van der Waals surface area (Å²) in [5.41, 5.74) is 6.55. The van der Waals surface area contributed by atoms with E-state index in [1.807, 2.05) is 40.8 Å². The lowest BCUT2D eigenvalue weighted by Crippen LogP contribution is -2.45. The summed E-state index contributed by atoms with van der Waals surface area (Å²) in [6, 6.07) is 19.0. The molecule has 2 aromatic carbocycles. The Morgan fingerprint density at radius 2 is 1.81 bits per heavy atom. The summed E-state index contributed by atoms with van der Waals surface area (Å²) in [6.45, 7) is 10.8. The highest BCUT2D eigenvalue weighted by atomic mass is 16.2. The summed E-state index contributed by atoms with van der Waals surface area (Å²) in [6.07, 6.45) is 2.10. The molecule has 1 N–H and O–H groups in total. The number of hydrogen-bond acceptors (Lipinski definition) is 3. The maximum atomic E-state index is 13.1. The lowest BCUT2D eigenvalue weighted by atomic mass is 10.0. The van der Waals surface area contributed by atoms with Gasteiger partial charge in [0.25, 0.3) is 5.91 Å². The molecule has 0 radical (unpaired) electrons. The summed E-state index contributed by atoms with van der Waals surface area (Å²) in [4.78, 5) is 15.1. The Labute approximate surface area is 191 Å². The van der Waals surface area contributed by atoms with Crippen LogP contribution in [0.2, 0.25) is 0 Å². The van der Waals surface area contributed by atoms with Gasteiger partial charge in [0.15, 0.2) is 0 Å². The zero-order chi connectivity index (χ0) is 22.7. The zero-order valence-electron chi connectivity index (χ0n) is 19.6. The molecule has 0 saturated carbocycles. The summed E-state index contributed by atoms with van der Waals surface area (Å²) in [5, 5.41) is 8.15. The third-order valence-corrected chi connectivity index (χ3v) is 6.29. The molecule has 0 spiro atoms. The van der Waals surface area contributed by atoms with Crippen molar-refractivity contribution in [1.29, 1.82) is 0 Å². The van der Waals surface area contributed by atoms with Crippen LogP contribution in [-0.4, -0.2) is 39.7 Å². The lowest BCUT2D eigenvalue weighted by Gasteiger charge is -2.34. The minimum absolute atomic E-state index is 0.115. The van der Waals surface area contributed by atoms with Gasteiger partial charge in [-0.3, -0.25) is 9.48 Å². The van der Waals surface area contributed by atoms with Gasteiger partial charge < -0.3 is 10.2 Å². The van der Waals surface area contributed by atoms with Crippen molar-refractivity contribution in [2.75, 3.05) is 18.4 Å². The number of anilines is 1. The first-order valence-corrected chi connectivity index (χ1v) is 11.6. The molecular formula is C27H34N4O. The number of benzene rings is 2. The Morgan fingerprint density at radius 1 is 1.09 bits per heavy atom. The minimum atomic E-state index is 0.115. The van der Waals surface area contributed by atoms with Crippen LogP contribution in [0.25, 0.3) is 0 Å². The first-order chi connectivity index (χ1) is 15.4. The van der Waals surface area contributed by atoms with Gasteiger partial charge in [0, 0.05) is 36.1 Å². The standard InChI is InChI=1S/C27H34N4O/c1-19(2)23-11-13-25(14-12-23)28-26-6-5-15-30(18-26)27(32)24-9-7-22(8-10-24)17-31-21(4)16-20(3)29-31/h7-14,16,19,26,28H,5-6,15,17-18H2,1-4H3/t26-/m1/s1. The van der Waals surface area contributed by atoms with Crippen molar-refractivity contribution in [2.24, 2.45) is 0 Å². The van der Waals surface area contributed by atoms with Crippen molar-refractivity contribution < 1.29 is 4.79 Å². The molecule has 1 aromatic heterocycles. The fourth-order valence-corrected chi connectivity index (χ4v) is 4.42. The maximum Gasteiger partial charge on any atom is 0.253 e. The van der Waals surface area contributed by atoms with Crippen LogP contribution in [-0.2, 0) is 6.54 Å². The Kier molecular flexibility index (Phi) is 6.63. The van der Waals surface area contributed by atoms with Gasteiger partial charge in [-0.15, -0.1) is 0 Å². The maximum absolute atomic E-state index is 13.1. The molecule has 0 unspecified atom stereocenters. The van der Waals surface area contributed by atoms with Crippen molar-refractivity contribution in [3.05, 3.63) is 82.7 Å².